The van der Waals surface area contributed by atoms with Gasteiger partial charge in [0.05, 0.1) is 14.3 Å². The first-order valence-corrected chi connectivity index (χ1v) is 9.18. The number of hydrogen-bond donors (Lipinski definition) is 0. The number of rotatable bonds is 4. The average Bonchev–Trinajstić information content (AvgIpc) is 2.91. The molecular weight excluding hydrogens is 516 g/mol. The summed E-state index contributed by atoms with van der Waals surface area (Å²) in [6.45, 7) is 0. The summed E-state index contributed by atoms with van der Waals surface area (Å²) in [4.78, 5) is 2.07. The number of anilines is 2. The molecule has 1 aromatic heterocycles. The zero-order chi connectivity index (χ0) is 16.4. The van der Waals surface area contributed by atoms with Crippen molar-refractivity contribution in [2.75, 3.05) is 19.1 Å². The fourth-order valence-corrected chi connectivity index (χ4v) is 3.66. The molecule has 0 N–H and O–H groups in total. The van der Waals surface area contributed by atoms with Crippen molar-refractivity contribution in [2.45, 2.75) is 0 Å². The first-order valence-electron chi connectivity index (χ1n) is 7.03. The van der Waals surface area contributed by atoms with Crippen LogP contribution in [0.1, 0.15) is 0 Å². The van der Waals surface area contributed by atoms with Gasteiger partial charge in [0.15, 0.2) is 5.76 Å². The second kappa shape index (κ2) is 7.12. The average molecular weight is 531 g/mol. The smallest absolute Gasteiger partial charge is 0.214 e. The molecule has 0 aliphatic carbocycles. The van der Waals surface area contributed by atoms with Crippen molar-refractivity contribution in [1.82, 2.24) is 0 Å². The minimum atomic E-state index is 0.839. The maximum atomic E-state index is 6.19. The van der Waals surface area contributed by atoms with E-state index >= 15 is 0 Å². The second-order valence-electron chi connectivity index (χ2n) is 4.99. The highest BCUT2D eigenvalue weighted by Crippen LogP contribution is 2.40. The highest BCUT2D eigenvalue weighted by Gasteiger charge is 2.21. The molecule has 0 atom stereocenters. The van der Waals surface area contributed by atoms with E-state index in [0.717, 1.165) is 35.8 Å². The summed E-state index contributed by atoms with van der Waals surface area (Å²) in [5, 5.41) is 0. The van der Waals surface area contributed by atoms with E-state index in [1.165, 1.54) is 0 Å². The first-order chi connectivity index (χ1) is 11.1. The van der Waals surface area contributed by atoms with Crippen LogP contribution >= 0.6 is 45.2 Å². The van der Waals surface area contributed by atoms with Crippen molar-refractivity contribution in [1.29, 1.82) is 0 Å². The van der Waals surface area contributed by atoms with Gasteiger partial charge in [-0.2, -0.15) is 0 Å². The molecule has 0 saturated heterocycles. The molecule has 0 spiro atoms. The minimum Gasteiger partial charge on any atom is -0.497 e. The van der Waals surface area contributed by atoms with E-state index in [-0.39, 0.29) is 0 Å². The lowest BCUT2D eigenvalue weighted by Crippen LogP contribution is -2.09. The van der Waals surface area contributed by atoms with Gasteiger partial charge in [-0.3, -0.25) is 0 Å². The van der Waals surface area contributed by atoms with Crippen LogP contribution in [0.4, 0.5) is 11.6 Å². The highest BCUT2D eigenvalue weighted by atomic mass is 127. The zero-order valence-electron chi connectivity index (χ0n) is 12.7. The third kappa shape index (κ3) is 3.35. The Morgan fingerprint density at radius 1 is 0.913 bits per heavy atom. The topological polar surface area (TPSA) is 25.6 Å². The predicted octanol–water partition coefficient (Wildman–Crippen LogP) is 5.93. The monoisotopic (exact) mass is 531 g/mol. The Labute approximate surface area is 162 Å². The molecule has 3 nitrogen and oxygen atoms in total. The molecule has 0 bridgehead atoms. The van der Waals surface area contributed by atoms with Gasteiger partial charge in [-0.1, -0.05) is 18.2 Å². The molecule has 0 aliphatic heterocycles. The number of ether oxygens (including phenoxy) is 1. The summed E-state index contributed by atoms with van der Waals surface area (Å²) in [5.41, 5.74) is 2.14. The van der Waals surface area contributed by atoms with Crippen molar-refractivity contribution in [3.8, 4) is 17.1 Å². The molecule has 5 heteroatoms. The van der Waals surface area contributed by atoms with E-state index in [0.29, 0.717) is 0 Å². The number of para-hydroxylation sites is 1. The van der Waals surface area contributed by atoms with E-state index in [4.69, 9.17) is 9.15 Å². The van der Waals surface area contributed by atoms with Gasteiger partial charge in [0.1, 0.15) is 5.75 Å². The van der Waals surface area contributed by atoms with Crippen LogP contribution in [0.3, 0.4) is 0 Å². The maximum absolute atomic E-state index is 6.19. The summed E-state index contributed by atoms with van der Waals surface area (Å²) in [6.07, 6.45) is 0. The lowest BCUT2D eigenvalue weighted by Gasteiger charge is -2.16. The molecule has 118 valence electrons. The summed E-state index contributed by atoms with van der Waals surface area (Å²) in [6, 6.07) is 18.1. The number of hydrogen-bond acceptors (Lipinski definition) is 3. The van der Waals surface area contributed by atoms with Gasteiger partial charge in [0.2, 0.25) is 5.88 Å². The van der Waals surface area contributed by atoms with Crippen LogP contribution in [-0.4, -0.2) is 14.2 Å². The largest absolute Gasteiger partial charge is 0.497 e. The third-order valence-electron chi connectivity index (χ3n) is 3.58. The van der Waals surface area contributed by atoms with Gasteiger partial charge >= 0.3 is 0 Å². The lowest BCUT2D eigenvalue weighted by molar-refractivity contribution is 0.415. The summed E-state index contributed by atoms with van der Waals surface area (Å²) in [7, 11) is 3.69. The lowest BCUT2D eigenvalue weighted by atomic mass is 10.2. The van der Waals surface area contributed by atoms with Crippen LogP contribution in [0.15, 0.2) is 59.0 Å². The van der Waals surface area contributed by atoms with Crippen molar-refractivity contribution >= 4 is 56.8 Å². The number of furan rings is 1. The molecule has 0 radical (unpaired) electrons. The molecule has 0 unspecified atom stereocenters. The van der Waals surface area contributed by atoms with Crippen LogP contribution < -0.4 is 9.64 Å². The fourth-order valence-electron chi connectivity index (χ4n) is 2.29. The highest BCUT2D eigenvalue weighted by molar-refractivity contribution is 14.1. The van der Waals surface area contributed by atoms with E-state index in [2.05, 4.69) is 62.2 Å². The van der Waals surface area contributed by atoms with Gasteiger partial charge in [-0.05, 0) is 81.6 Å². The van der Waals surface area contributed by atoms with Crippen LogP contribution in [0, 0.1) is 7.14 Å². The Morgan fingerprint density at radius 2 is 1.57 bits per heavy atom. The standard InChI is InChI=1S/C18H15I2NO2/c1-21(13-6-4-3-5-7-13)18-16(20)15(19)17(23-18)12-8-10-14(22-2)11-9-12/h3-11H,1-2H3. The first kappa shape index (κ1) is 16.6. The molecule has 23 heavy (non-hydrogen) atoms. The summed E-state index contributed by atoms with van der Waals surface area (Å²) in [5.74, 6) is 2.58. The molecule has 0 saturated carbocycles. The molecule has 1 heterocycles. The van der Waals surface area contributed by atoms with Crippen LogP contribution in [-0.2, 0) is 0 Å². The van der Waals surface area contributed by atoms with Gasteiger partial charge in [-0.25, -0.2) is 0 Å². The van der Waals surface area contributed by atoms with Gasteiger partial charge in [0.25, 0.3) is 0 Å². The molecular formula is C18H15I2NO2. The van der Waals surface area contributed by atoms with Gasteiger partial charge < -0.3 is 14.1 Å². The normalized spacial score (nSPS) is 10.6. The summed E-state index contributed by atoms with van der Waals surface area (Å²) >= 11 is 4.68. The molecule has 0 fully saturated rings. The van der Waals surface area contributed by atoms with Crippen molar-refractivity contribution in [3.63, 3.8) is 0 Å². The molecule has 2 aromatic carbocycles. The number of halogens is 2. The molecule has 3 rings (SSSR count). The minimum absolute atomic E-state index is 0.839. The number of nitrogens with zero attached hydrogens (tertiary/aromatic N) is 1. The molecule has 0 amide bonds. The van der Waals surface area contributed by atoms with Crippen molar-refractivity contribution in [2.24, 2.45) is 0 Å². The number of methoxy groups -OCH3 is 1. The van der Waals surface area contributed by atoms with Crippen LogP contribution in [0.25, 0.3) is 11.3 Å². The quantitative estimate of drug-likeness (QED) is 0.391. The zero-order valence-corrected chi connectivity index (χ0v) is 17.0. The van der Waals surface area contributed by atoms with Crippen LogP contribution in [0.2, 0.25) is 0 Å². The number of benzene rings is 2. The van der Waals surface area contributed by atoms with E-state index in [1.54, 1.807) is 7.11 Å². The maximum Gasteiger partial charge on any atom is 0.214 e. The Kier molecular flexibility index (Phi) is 5.15. The second-order valence-corrected chi connectivity index (χ2v) is 7.14. The SMILES string of the molecule is COc1ccc(-c2oc(N(C)c3ccccc3)c(I)c2I)cc1. The summed E-state index contributed by atoms with van der Waals surface area (Å²) < 4.78 is 13.6. The third-order valence-corrected chi connectivity index (χ3v) is 6.64. The van der Waals surface area contributed by atoms with E-state index in [9.17, 15) is 0 Å². The van der Waals surface area contributed by atoms with Crippen molar-refractivity contribution in [3.05, 3.63) is 61.7 Å². The Balaban J connectivity index is 2.01. The van der Waals surface area contributed by atoms with Gasteiger partial charge in [0, 0.05) is 18.3 Å². The Morgan fingerprint density at radius 3 is 2.17 bits per heavy atom. The Bertz CT molecular complexity index is 798. The molecule has 0 aliphatic rings. The fraction of sp³-hybridized carbons (Fsp3) is 0.111. The molecule has 3 aromatic rings. The van der Waals surface area contributed by atoms with Crippen LogP contribution in [0.5, 0.6) is 5.75 Å². The van der Waals surface area contributed by atoms with Crippen molar-refractivity contribution < 1.29 is 9.15 Å². The Hall–Kier alpha value is -1.22. The predicted molar refractivity (Wildman–Crippen MR) is 111 cm³/mol. The van der Waals surface area contributed by atoms with E-state index < -0.39 is 0 Å². The van der Waals surface area contributed by atoms with E-state index in [1.807, 2.05) is 49.5 Å². The van der Waals surface area contributed by atoms with Gasteiger partial charge in [-0.15, -0.1) is 0 Å².